The second kappa shape index (κ2) is 8.22. The Morgan fingerprint density at radius 3 is 2.35 bits per heavy atom. The molecular weight excluding hydrogens is 405 g/mol. The molecule has 0 unspecified atom stereocenters. The first kappa shape index (κ1) is 20.6. The molecule has 2 N–H and O–H groups in total. The summed E-state index contributed by atoms with van der Waals surface area (Å²) in [6.45, 7) is 2.29. The number of rotatable bonds is 5. The van der Waals surface area contributed by atoms with Gasteiger partial charge in [-0.1, -0.05) is 42.5 Å². The molecule has 0 aliphatic rings. The van der Waals surface area contributed by atoms with Crippen LogP contribution in [0.4, 0.5) is 19.1 Å². The molecule has 2 aromatic heterocycles. The summed E-state index contributed by atoms with van der Waals surface area (Å²) in [5, 5.41) is 3.42. The molecular formula is C23H19F3N4O. The molecule has 0 bridgehead atoms. The lowest BCUT2D eigenvalue weighted by molar-refractivity contribution is -0.137. The van der Waals surface area contributed by atoms with Crippen molar-refractivity contribution in [3.05, 3.63) is 99.0 Å². The first-order chi connectivity index (χ1) is 14.8. The van der Waals surface area contributed by atoms with Gasteiger partial charge in [-0.25, -0.2) is 4.98 Å². The third kappa shape index (κ3) is 4.74. The minimum absolute atomic E-state index is 0.313. The van der Waals surface area contributed by atoms with Crippen LogP contribution in [0.3, 0.4) is 0 Å². The molecule has 0 radical (unpaired) electrons. The number of aryl methyl sites for hydroxylation is 1. The SMILES string of the molecule is Cc1nc2nc(NCc3ccccc3)[nH]c(=O)c2cc1Cc1ccc(C(F)(F)F)cc1. The van der Waals surface area contributed by atoms with E-state index in [9.17, 15) is 18.0 Å². The third-order valence-electron chi connectivity index (χ3n) is 4.97. The Hall–Kier alpha value is -3.68. The quantitative estimate of drug-likeness (QED) is 0.481. The van der Waals surface area contributed by atoms with E-state index in [-0.39, 0.29) is 5.56 Å². The van der Waals surface area contributed by atoms with Crippen molar-refractivity contribution < 1.29 is 13.2 Å². The number of nitrogens with zero attached hydrogens (tertiary/aromatic N) is 2. The average molecular weight is 424 g/mol. The Labute approximate surface area is 176 Å². The van der Waals surface area contributed by atoms with Gasteiger partial charge in [-0.3, -0.25) is 9.78 Å². The van der Waals surface area contributed by atoms with Crippen LogP contribution < -0.4 is 10.9 Å². The van der Waals surface area contributed by atoms with E-state index in [0.717, 1.165) is 23.3 Å². The van der Waals surface area contributed by atoms with Crippen molar-refractivity contribution in [2.45, 2.75) is 26.1 Å². The summed E-state index contributed by atoms with van der Waals surface area (Å²) in [4.78, 5) is 24.1. The number of anilines is 1. The molecule has 0 saturated heterocycles. The Bertz CT molecular complexity index is 1270. The van der Waals surface area contributed by atoms with Crippen LogP contribution in [-0.2, 0) is 19.1 Å². The first-order valence-corrected chi connectivity index (χ1v) is 9.64. The molecule has 0 spiro atoms. The van der Waals surface area contributed by atoms with E-state index in [1.165, 1.54) is 12.1 Å². The van der Waals surface area contributed by atoms with Gasteiger partial charge in [-0.15, -0.1) is 0 Å². The highest BCUT2D eigenvalue weighted by molar-refractivity contribution is 5.76. The van der Waals surface area contributed by atoms with Gasteiger partial charge in [0.15, 0.2) is 5.65 Å². The zero-order valence-corrected chi connectivity index (χ0v) is 16.6. The minimum Gasteiger partial charge on any atom is -0.352 e. The van der Waals surface area contributed by atoms with Crippen molar-refractivity contribution in [3.8, 4) is 0 Å². The highest BCUT2D eigenvalue weighted by Crippen LogP contribution is 2.29. The topological polar surface area (TPSA) is 70.7 Å². The average Bonchev–Trinajstić information content (AvgIpc) is 2.74. The zero-order valence-electron chi connectivity index (χ0n) is 16.6. The molecule has 0 aliphatic heterocycles. The van der Waals surface area contributed by atoms with Gasteiger partial charge in [0, 0.05) is 12.2 Å². The van der Waals surface area contributed by atoms with Gasteiger partial charge in [0.1, 0.15) is 0 Å². The van der Waals surface area contributed by atoms with Crippen LogP contribution in [-0.4, -0.2) is 15.0 Å². The van der Waals surface area contributed by atoms with Gasteiger partial charge in [0.2, 0.25) is 5.95 Å². The number of pyridine rings is 1. The minimum atomic E-state index is -4.37. The van der Waals surface area contributed by atoms with Crippen LogP contribution in [0.2, 0.25) is 0 Å². The second-order valence-electron chi connectivity index (χ2n) is 7.23. The van der Waals surface area contributed by atoms with E-state index in [0.29, 0.717) is 41.2 Å². The number of aromatic nitrogens is 3. The molecule has 5 nitrogen and oxygen atoms in total. The Balaban J connectivity index is 1.58. The monoisotopic (exact) mass is 424 g/mol. The maximum absolute atomic E-state index is 12.8. The zero-order chi connectivity index (χ0) is 22.0. The molecule has 8 heteroatoms. The molecule has 0 fully saturated rings. The molecule has 4 aromatic rings. The summed E-state index contributed by atoms with van der Waals surface area (Å²) < 4.78 is 38.3. The first-order valence-electron chi connectivity index (χ1n) is 9.64. The lowest BCUT2D eigenvalue weighted by Crippen LogP contribution is -2.15. The molecule has 158 valence electrons. The van der Waals surface area contributed by atoms with Gasteiger partial charge in [0.05, 0.1) is 10.9 Å². The van der Waals surface area contributed by atoms with Gasteiger partial charge in [-0.2, -0.15) is 18.2 Å². The van der Waals surface area contributed by atoms with Crippen molar-refractivity contribution >= 4 is 17.0 Å². The lowest BCUT2D eigenvalue weighted by Gasteiger charge is -2.10. The number of hydrogen-bond donors (Lipinski definition) is 2. The van der Waals surface area contributed by atoms with Crippen LogP contribution in [0.5, 0.6) is 0 Å². The molecule has 31 heavy (non-hydrogen) atoms. The van der Waals surface area contributed by atoms with Crippen LogP contribution in [0.15, 0.2) is 65.5 Å². The molecule has 2 aromatic carbocycles. The Morgan fingerprint density at radius 2 is 1.68 bits per heavy atom. The van der Waals surface area contributed by atoms with E-state index in [2.05, 4.69) is 20.3 Å². The summed E-state index contributed by atoms with van der Waals surface area (Å²) in [7, 11) is 0. The Kier molecular flexibility index (Phi) is 5.46. The predicted molar refractivity (Wildman–Crippen MR) is 113 cm³/mol. The number of nitrogens with one attached hydrogen (secondary N) is 2. The summed E-state index contributed by atoms with van der Waals surface area (Å²) in [6.07, 6.45) is -4.01. The largest absolute Gasteiger partial charge is 0.416 e. The number of halogens is 3. The number of fused-ring (bicyclic) bond motifs is 1. The fraction of sp³-hybridized carbons (Fsp3) is 0.174. The number of H-pyrrole nitrogens is 1. The van der Waals surface area contributed by atoms with Gasteiger partial charge < -0.3 is 5.32 Å². The second-order valence-corrected chi connectivity index (χ2v) is 7.23. The number of alkyl halides is 3. The predicted octanol–water partition coefficient (Wildman–Crippen LogP) is 4.85. The molecule has 0 saturated carbocycles. The lowest BCUT2D eigenvalue weighted by atomic mass is 10.0. The summed E-state index contributed by atoms with van der Waals surface area (Å²) in [6, 6.07) is 16.4. The van der Waals surface area contributed by atoms with Crippen molar-refractivity contribution in [2.75, 3.05) is 5.32 Å². The van der Waals surface area contributed by atoms with Crippen molar-refractivity contribution in [1.29, 1.82) is 0 Å². The highest BCUT2D eigenvalue weighted by atomic mass is 19.4. The maximum Gasteiger partial charge on any atom is 0.416 e. The van der Waals surface area contributed by atoms with Crippen molar-refractivity contribution in [1.82, 2.24) is 15.0 Å². The standard InChI is InChI=1S/C23H19F3N4O/c1-14-17(11-15-7-9-18(10-8-15)23(24,25)26)12-19-20(28-14)29-22(30-21(19)31)27-13-16-5-3-2-4-6-16/h2-10,12H,11,13H2,1H3,(H2,27,28,29,30,31). The van der Waals surface area contributed by atoms with Crippen LogP contribution in [0.1, 0.15) is 27.9 Å². The van der Waals surface area contributed by atoms with E-state index in [1.807, 2.05) is 30.3 Å². The highest BCUT2D eigenvalue weighted by Gasteiger charge is 2.29. The van der Waals surface area contributed by atoms with Crippen molar-refractivity contribution in [3.63, 3.8) is 0 Å². The number of benzene rings is 2. The normalized spacial score (nSPS) is 11.6. The third-order valence-corrected chi connectivity index (χ3v) is 4.97. The Morgan fingerprint density at radius 1 is 0.968 bits per heavy atom. The van der Waals surface area contributed by atoms with Gasteiger partial charge in [-0.05, 0) is 48.2 Å². The maximum atomic E-state index is 12.8. The smallest absolute Gasteiger partial charge is 0.352 e. The fourth-order valence-corrected chi connectivity index (χ4v) is 3.27. The summed E-state index contributed by atoms with van der Waals surface area (Å²) in [5.41, 5.74) is 2.45. The van der Waals surface area contributed by atoms with E-state index in [1.54, 1.807) is 13.0 Å². The fourth-order valence-electron chi connectivity index (χ4n) is 3.27. The van der Waals surface area contributed by atoms with Gasteiger partial charge in [0.25, 0.3) is 5.56 Å². The molecule has 2 heterocycles. The van der Waals surface area contributed by atoms with Crippen molar-refractivity contribution in [2.24, 2.45) is 0 Å². The van der Waals surface area contributed by atoms with E-state index in [4.69, 9.17) is 0 Å². The van der Waals surface area contributed by atoms with E-state index < -0.39 is 11.7 Å². The molecule has 0 aliphatic carbocycles. The number of hydrogen-bond acceptors (Lipinski definition) is 4. The summed E-state index contributed by atoms with van der Waals surface area (Å²) in [5.74, 6) is 0.323. The van der Waals surface area contributed by atoms with Gasteiger partial charge >= 0.3 is 6.18 Å². The van der Waals surface area contributed by atoms with Crippen LogP contribution in [0, 0.1) is 6.92 Å². The van der Waals surface area contributed by atoms with E-state index >= 15 is 0 Å². The molecule has 0 atom stereocenters. The summed E-state index contributed by atoms with van der Waals surface area (Å²) >= 11 is 0. The molecule has 4 rings (SSSR count). The van der Waals surface area contributed by atoms with Crippen LogP contribution in [0.25, 0.3) is 11.0 Å². The van der Waals surface area contributed by atoms with Crippen LogP contribution >= 0.6 is 0 Å². The number of aromatic amines is 1. The molecule has 0 amide bonds.